The van der Waals surface area contributed by atoms with Crippen LogP contribution in [0.2, 0.25) is 10.0 Å². The Morgan fingerprint density at radius 2 is 1.90 bits per heavy atom. The Balaban J connectivity index is 1.60. The second kappa shape index (κ2) is 11.9. The van der Waals surface area contributed by atoms with E-state index in [9.17, 15) is 14.9 Å². The van der Waals surface area contributed by atoms with Crippen LogP contribution in [0.5, 0.6) is 5.75 Å². The molecule has 0 aliphatic heterocycles. The van der Waals surface area contributed by atoms with Gasteiger partial charge in [0.05, 0.1) is 22.0 Å². The predicted molar refractivity (Wildman–Crippen MR) is 156 cm³/mol. The number of benzene rings is 3. The number of ether oxygens (including phenoxy) is 1. The van der Waals surface area contributed by atoms with Gasteiger partial charge in [-0.15, -0.1) is 0 Å². The molecule has 3 aromatic carbocycles. The van der Waals surface area contributed by atoms with E-state index in [1.165, 1.54) is 17.0 Å². The fourth-order valence-corrected chi connectivity index (χ4v) is 5.70. The van der Waals surface area contributed by atoms with Crippen molar-refractivity contribution in [3.63, 3.8) is 0 Å². The summed E-state index contributed by atoms with van der Waals surface area (Å²) in [4.78, 5) is 29.8. The lowest BCUT2D eigenvalue weighted by Crippen LogP contribution is -2.25. The first kappa shape index (κ1) is 27.3. The summed E-state index contributed by atoms with van der Waals surface area (Å²) in [6.45, 7) is -0.0376. The number of rotatable bonds is 7. The zero-order valence-electron chi connectivity index (χ0n) is 20.6. The van der Waals surface area contributed by atoms with Gasteiger partial charge in [0.1, 0.15) is 12.4 Å². The van der Waals surface area contributed by atoms with Crippen LogP contribution in [0.3, 0.4) is 0 Å². The average molecular weight is 630 g/mol. The van der Waals surface area contributed by atoms with E-state index in [4.69, 9.17) is 32.9 Å². The van der Waals surface area contributed by atoms with Gasteiger partial charge in [-0.25, -0.2) is 4.98 Å². The number of nitro benzene ring substituents is 1. The maximum atomic E-state index is 13.6. The molecule has 0 bridgehead atoms. The van der Waals surface area contributed by atoms with Gasteiger partial charge in [-0.05, 0) is 43.2 Å². The quantitative estimate of drug-likeness (QED) is 0.118. The summed E-state index contributed by atoms with van der Waals surface area (Å²) >= 11 is 15.6. The fourth-order valence-electron chi connectivity index (χ4n) is 4.77. The molecule has 39 heavy (non-hydrogen) atoms. The molecule has 0 atom stereocenters. The molecule has 0 amide bonds. The SMILES string of the molecule is O=c1c2ccccc2nc(C2CCCCC2)n1N=Cc1cc(Br)cc([N+](=O)[O-])c1OCc1ccc(Cl)cc1Cl. The molecule has 1 saturated carbocycles. The summed E-state index contributed by atoms with van der Waals surface area (Å²) in [5, 5.41) is 17.8. The van der Waals surface area contributed by atoms with Crippen LogP contribution in [-0.2, 0) is 6.61 Å². The molecule has 0 N–H and O–H groups in total. The third-order valence-corrected chi connectivity index (χ3v) is 7.75. The van der Waals surface area contributed by atoms with Crippen molar-refractivity contribution in [2.24, 2.45) is 5.10 Å². The Bertz CT molecular complexity index is 1650. The first-order valence-electron chi connectivity index (χ1n) is 12.4. The Morgan fingerprint density at radius 3 is 2.64 bits per heavy atom. The molecule has 8 nitrogen and oxygen atoms in total. The minimum Gasteiger partial charge on any atom is -0.481 e. The highest BCUT2D eigenvalue weighted by Gasteiger charge is 2.24. The lowest BCUT2D eigenvalue weighted by atomic mass is 9.88. The van der Waals surface area contributed by atoms with E-state index in [1.54, 1.807) is 36.4 Å². The van der Waals surface area contributed by atoms with E-state index in [1.807, 2.05) is 12.1 Å². The molecule has 0 unspecified atom stereocenters. The molecule has 1 aliphatic carbocycles. The molecular formula is C28H23BrCl2N4O4. The lowest BCUT2D eigenvalue weighted by molar-refractivity contribution is -0.386. The highest BCUT2D eigenvalue weighted by Crippen LogP contribution is 2.36. The molecule has 0 radical (unpaired) electrons. The Kier molecular flexibility index (Phi) is 8.30. The smallest absolute Gasteiger partial charge is 0.312 e. The van der Waals surface area contributed by atoms with Crippen LogP contribution in [0, 0.1) is 10.1 Å². The molecule has 5 rings (SSSR count). The summed E-state index contributed by atoms with van der Waals surface area (Å²) in [7, 11) is 0. The number of halogens is 3. The zero-order valence-corrected chi connectivity index (χ0v) is 23.7. The van der Waals surface area contributed by atoms with Gasteiger partial charge in [-0.1, -0.05) is 76.6 Å². The number of para-hydroxylation sites is 1. The Labute approximate surface area is 242 Å². The number of nitrogens with zero attached hydrogens (tertiary/aromatic N) is 4. The van der Waals surface area contributed by atoms with E-state index in [2.05, 4.69) is 21.0 Å². The molecule has 1 aromatic heterocycles. The van der Waals surface area contributed by atoms with Gasteiger partial charge in [0.25, 0.3) is 5.56 Å². The second-order valence-corrected chi connectivity index (χ2v) is 11.1. The largest absolute Gasteiger partial charge is 0.481 e. The van der Waals surface area contributed by atoms with Crippen molar-refractivity contribution in [2.45, 2.75) is 44.6 Å². The average Bonchev–Trinajstić information content (AvgIpc) is 2.93. The van der Waals surface area contributed by atoms with E-state index >= 15 is 0 Å². The highest BCUT2D eigenvalue weighted by molar-refractivity contribution is 9.10. The van der Waals surface area contributed by atoms with Crippen LogP contribution < -0.4 is 10.3 Å². The summed E-state index contributed by atoms with van der Waals surface area (Å²) in [6, 6.07) is 15.1. The van der Waals surface area contributed by atoms with Crippen LogP contribution in [-0.4, -0.2) is 20.8 Å². The van der Waals surface area contributed by atoms with Crippen LogP contribution in [0.1, 0.15) is 55.0 Å². The van der Waals surface area contributed by atoms with Crippen molar-refractivity contribution in [1.29, 1.82) is 0 Å². The number of nitro groups is 1. The number of fused-ring (bicyclic) bond motifs is 1. The summed E-state index contributed by atoms with van der Waals surface area (Å²) in [5.41, 5.74) is 0.993. The number of aromatic nitrogens is 2. The molecule has 1 fully saturated rings. The van der Waals surface area contributed by atoms with Gasteiger partial charge in [0.2, 0.25) is 5.75 Å². The van der Waals surface area contributed by atoms with Crippen molar-refractivity contribution in [3.05, 3.63) is 107 Å². The molecule has 4 aromatic rings. The Morgan fingerprint density at radius 1 is 1.13 bits per heavy atom. The third-order valence-electron chi connectivity index (χ3n) is 6.71. The first-order chi connectivity index (χ1) is 18.8. The molecule has 200 valence electrons. The monoisotopic (exact) mass is 628 g/mol. The van der Waals surface area contributed by atoms with Gasteiger partial charge in [0.15, 0.2) is 0 Å². The minimum atomic E-state index is -0.530. The maximum absolute atomic E-state index is 13.6. The van der Waals surface area contributed by atoms with E-state index in [0.717, 1.165) is 32.1 Å². The second-order valence-electron chi connectivity index (χ2n) is 9.31. The van der Waals surface area contributed by atoms with Crippen LogP contribution in [0.15, 0.2) is 69.0 Å². The maximum Gasteiger partial charge on any atom is 0.312 e. The summed E-state index contributed by atoms with van der Waals surface area (Å²) < 4.78 is 7.73. The fraction of sp³-hybridized carbons (Fsp3) is 0.250. The van der Waals surface area contributed by atoms with Crippen molar-refractivity contribution >= 4 is 61.9 Å². The molecule has 11 heteroatoms. The first-order valence-corrected chi connectivity index (χ1v) is 14.0. The molecule has 1 heterocycles. The van der Waals surface area contributed by atoms with Crippen LogP contribution in [0.4, 0.5) is 5.69 Å². The van der Waals surface area contributed by atoms with Crippen LogP contribution in [0.25, 0.3) is 10.9 Å². The van der Waals surface area contributed by atoms with E-state index in [-0.39, 0.29) is 29.5 Å². The topological polar surface area (TPSA) is 99.6 Å². The van der Waals surface area contributed by atoms with E-state index < -0.39 is 4.92 Å². The van der Waals surface area contributed by atoms with Crippen molar-refractivity contribution in [3.8, 4) is 5.75 Å². The van der Waals surface area contributed by atoms with Gasteiger partial charge in [-0.3, -0.25) is 14.9 Å². The normalized spacial score (nSPS) is 14.2. The standard InChI is InChI=1S/C28H23BrCl2N4O4/c29-20-12-19(26(25(13-20)35(37)38)39-16-18-10-11-21(30)14-23(18)31)15-32-34-27(17-6-2-1-3-7-17)33-24-9-5-4-8-22(24)28(34)36/h4-5,8-15,17H,1-3,6-7,16H2. The van der Waals surface area contributed by atoms with Crippen molar-refractivity contribution < 1.29 is 9.66 Å². The molecule has 0 saturated heterocycles. The predicted octanol–water partition coefficient (Wildman–Crippen LogP) is 7.88. The zero-order chi connectivity index (χ0) is 27.5. The minimum absolute atomic E-state index is 0.000944. The number of hydrogen-bond donors (Lipinski definition) is 0. The van der Waals surface area contributed by atoms with Gasteiger partial charge in [-0.2, -0.15) is 9.78 Å². The lowest BCUT2D eigenvalue weighted by Gasteiger charge is -2.22. The van der Waals surface area contributed by atoms with Gasteiger partial charge < -0.3 is 4.74 Å². The van der Waals surface area contributed by atoms with E-state index in [0.29, 0.717) is 42.4 Å². The van der Waals surface area contributed by atoms with Gasteiger partial charge >= 0.3 is 5.69 Å². The molecule has 1 aliphatic rings. The third kappa shape index (κ3) is 6.00. The van der Waals surface area contributed by atoms with Crippen molar-refractivity contribution in [1.82, 2.24) is 9.66 Å². The van der Waals surface area contributed by atoms with Crippen LogP contribution >= 0.6 is 39.1 Å². The molecule has 0 spiro atoms. The van der Waals surface area contributed by atoms with Gasteiger partial charge in [0, 0.05) is 37.6 Å². The summed E-state index contributed by atoms with van der Waals surface area (Å²) in [5.74, 6) is 0.682. The molecular weight excluding hydrogens is 607 g/mol. The summed E-state index contributed by atoms with van der Waals surface area (Å²) in [6.07, 6.45) is 6.50. The number of hydrogen-bond acceptors (Lipinski definition) is 6. The van der Waals surface area contributed by atoms with Crippen molar-refractivity contribution in [2.75, 3.05) is 0 Å². The Hall–Kier alpha value is -3.27. The highest BCUT2D eigenvalue weighted by atomic mass is 79.9.